The van der Waals surface area contributed by atoms with E-state index >= 15 is 0 Å². The zero-order chi connectivity index (χ0) is 18.8. The number of rotatable bonds is 6. The Morgan fingerprint density at radius 3 is 2.08 bits per heavy atom. The van der Waals surface area contributed by atoms with Gasteiger partial charge in [0.05, 0.1) is 9.82 Å². The third kappa shape index (κ3) is 4.41. The van der Waals surface area contributed by atoms with E-state index in [-0.39, 0.29) is 4.90 Å². The highest BCUT2D eigenvalue weighted by atomic mass is 32.2. The number of benzene rings is 2. The molecule has 2 aromatic carbocycles. The summed E-state index contributed by atoms with van der Waals surface area (Å²) in [6.45, 7) is 1.56. The highest BCUT2D eigenvalue weighted by Crippen LogP contribution is 2.25. The van der Waals surface area contributed by atoms with Crippen molar-refractivity contribution in [3.63, 3.8) is 0 Å². The molecular formula is C15H16N2O6S2. The lowest BCUT2D eigenvalue weighted by Gasteiger charge is -2.15. The monoisotopic (exact) mass is 384 g/mol. The molecule has 0 unspecified atom stereocenters. The van der Waals surface area contributed by atoms with Crippen LogP contribution in [0.1, 0.15) is 18.5 Å². The summed E-state index contributed by atoms with van der Waals surface area (Å²) in [7, 11) is -7.48. The Bertz CT molecular complexity index is 999. The van der Waals surface area contributed by atoms with E-state index in [9.17, 15) is 26.9 Å². The molecule has 0 fully saturated rings. The quantitative estimate of drug-likeness (QED) is 0.600. The summed E-state index contributed by atoms with van der Waals surface area (Å²) in [5.41, 5.74) is 0.00387. The van der Waals surface area contributed by atoms with Gasteiger partial charge in [0.15, 0.2) is 14.7 Å². The number of hydrogen-bond acceptors (Lipinski definition) is 6. The fourth-order valence-electron chi connectivity index (χ4n) is 2.20. The largest absolute Gasteiger partial charge is 0.289 e. The van der Waals surface area contributed by atoms with Gasteiger partial charge in [0, 0.05) is 18.4 Å². The van der Waals surface area contributed by atoms with E-state index in [0.717, 1.165) is 18.4 Å². The van der Waals surface area contributed by atoms with Crippen LogP contribution < -0.4 is 4.72 Å². The normalized spacial score (nSPS) is 13.4. The van der Waals surface area contributed by atoms with Crippen LogP contribution in [0.5, 0.6) is 0 Å². The second-order valence-corrected chi connectivity index (χ2v) is 9.11. The van der Waals surface area contributed by atoms with Crippen molar-refractivity contribution < 1.29 is 21.8 Å². The molecule has 0 bridgehead atoms. The molecule has 10 heteroatoms. The molecule has 0 aliphatic rings. The maximum absolute atomic E-state index is 12.5. The first-order valence-electron chi connectivity index (χ1n) is 7.08. The Balaban J connectivity index is 2.31. The van der Waals surface area contributed by atoms with Crippen molar-refractivity contribution >= 4 is 25.5 Å². The molecule has 134 valence electrons. The molecule has 0 saturated carbocycles. The third-order valence-corrected chi connectivity index (χ3v) is 6.21. The maximum atomic E-state index is 12.5. The van der Waals surface area contributed by atoms with Gasteiger partial charge in [0.1, 0.15) is 0 Å². The van der Waals surface area contributed by atoms with Crippen molar-refractivity contribution in [3.05, 3.63) is 64.2 Å². The number of nitrogens with zero attached hydrogens (tertiary/aromatic N) is 1. The zero-order valence-electron chi connectivity index (χ0n) is 13.4. The minimum Gasteiger partial charge on any atom is -0.258 e. The lowest BCUT2D eigenvalue weighted by atomic mass is 10.1. The van der Waals surface area contributed by atoms with E-state index in [1.165, 1.54) is 36.4 Å². The van der Waals surface area contributed by atoms with E-state index in [4.69, 9.17) is 0 Å². The zero-order valence-corrected chi connectivity index (χ0v) is 15.0. The fourth-order valence-corrected chi connectivity index (χ4v) is 4.24. The van der Waals surface area contributed by atoms with Gasteiger partial charge in [-0.05, 0) is 30.7 Å². The predicted molar refractivity (Wildman–Crippen MR) is 91.4 cm³/mol. The van der Waals surface area contributed by atoms with Gasteiger partial charge in [-0.3, -0.25) is 10.1 Å². The molecule has 0 amide bonds. The Kier molecular flexibility index (Phi) is 5.26. The molecule has 2 aromatic rings. The fraction of sp³-hybridized carbons (Fsp3) is 0.200. The Hall–Kier alpha value is -2.30. The summed E-state index contributed by atoms with van der Waals surface area (Å²) in [5.74, 6) is 0. The predicted octanol–water partition coefficient (Wildman–Crippen LogP) is 2.04. The van der Waals surface area contributed by atoms with E-state index in [1.54, 1.807) is 6.92 Å². The van der Waals surface area contributed by atoms with E-state index in [0.29, 0.717) is 5.56 Å². The molecule has 0 radical (unpaired) electrons. The molecule has 0 aliphatic heterocycles. The lowest BCUT2D eigenvalue weighted by Crippen LogP contribution is -2.27. The van der Waals surface area contributed by atoms with E-state index in [2.05, 4.69) is 4.72 Å². The Morgan fingerprint density at radius 1 is 1.00 bits per heavy atom. The summed E-state index contributed by atoms with van der Waals surface area (Å²) in [4.78, 5) is 9.93. The molecular weight excluding hydrogens is 368 g/mol. The van der Waals surface area contributed by atoms with Gasteiger partial charge >= 0.3 is 0 Å². The van der Waals surface area contributed by atoms with E-state index < -0.39 is 41.4 Å². The third-order valence-electron chi connectivity index (χ3n) is 3.49. The minimum absolute atomic E-state index is 0.116. The summed E-state index contributed by atoms with van der Waals surface area (Å²) >= 11 is 0. The molecule has 1 atom stereocenters. The molecule has 8 nitrogen and oxygen atoms in total. The van der Waals surface area contributed by atoms with Crippen LogP contribution in [-0.2, 0) is 19.9 Å². The summed E-state index contributed by atoms with van der Waals surface area (Å²) < 4.78 is 50.2. The number of nitro benzene ring substituents is 1. The molecule has 2 rings (SSSR count). The van der Waals surface area contributed by atoms with Gasteiger partial charge in [-0.2, -0.15) is 0 Å². The molecule has 0 saturated heterocycles. The van der Waals surface area contributed by atoms with Gasteiger partial charge < -0.3 is 0 Å². The van der Waals surface area contributed by atoms with Crippen LogP contribution in [0.15, 0.2) is 58.3 Å². The molecule has 0 spiro atoms. The molecule has 0 aromatic heterocycles. The SMILES string of the molecule is C[C@H](NS(=O)(=O)c1ccccc1[N+](=O)[O-])c1ccc(S(C)(=O)=O)cc1. The van der Waals surface area contributed by atoms with Crippen molar-refractivity contribution in [2.75, 3.05) is 6.26 Å². The maximum Gasteiger partial charge on any atom is 0.289 e. The standard InChI is InChI=1S/C15H16N2O6S2/c1-11(12-7-9-13(10-8-12)24(2,20)21)16-25(22,23)15-6-4-3-5-14(15)17(18)19/h3-11,16H,1-2H3/t11-/m0/s1. The molecule has 0 aliphatic carbocycles. The van der Waals surface area contributed by atoms with E-state index in [1.807, 2.05) is 0 Å². The summed E-state index contributed by atoms with van der Waals surface area (Å²) in [5, 5.41) is 11.0. The molecule has 1 N–H and O–H groups in total. The van der Waals surface area contributed by atoms with Gasteiger partial charge in [-0.25, -0.2) is 21.6 Å². The highest BCUT2D eigenvalue weighted by molar-refractivity contribution is 7.90. The first-order chi connectivity index (χ1) is 11.5. The van der Waals surface area contributed by atoms with Crippen LogP contribution in [-0.4, -0.2) is 28.0 Å². The Morgan fingerprint density at radius 2 is 1.56 bits per heavy atom. The number of nitro groups is 1. The van der Waals surface area contributed by atoms with Crippen molar-refractivity contribution in [1.82, 2.24) is 4.72 Å². The first kappa shape index (κ1) is 19.0. The topological polar surface area (TPSA) is 123 Å². The van der Waals surface area contributed by atoms with Crippen LogP contribution in [0.2, 0.25) is 0 Å². The smallest absolute Gasteiger partial charge is 0.258 e. The Labute approximate surface area is 145 Å². The average Bonchev–Trinajstić information content (AvgIpc) is 2.53. The van der Waals surface area contributed by atoms with Crippen molar-refractivity contribution in [2.45, 2.75) is 22.8 Å². The van der Waals surface area contributed by atoms with Crippen LogP contribution in [0.4, 0.5) is 5.69 Å². The van der Waals surface area contributed by atoms with Gasteiger partial charge in [-0.15, -0.1) is 0 Å². The number of para-hydroxylation sites is 1. The second kappa shape index (κ2) is 6.90. The lowest BCUT2D eigenvalue weighted by molar-refractivity contribution is -0.387. The summed E-state index contributed by atoms with van der Waals surface area (Å²) in [6, 6.07) is 10.1. The number of nitrogens with one attached hydrogen (secondary N) is 1. The summed E-state index contributed by atoms with van der Waals surface area (Å²) in [6.07, 6.45) is 1.07. The van der Waals surface area contributed by atoms with Gasteiger partial charge in [0.2, 0.25) is 10.0 Å². The number of sulfonamides is 1. The van der Waals surface area contributed by atoms with Crippen LogP contribution in [0, 0.1) is 10.1 Å². The first-order valence-corrected chi connectivity index (χ1v) is 10.5. The molecule has 0 heterocycles. The van der Waals surface area contributed by atoms with Crippen LogP contribution in [0.3, 0.4) is 0 Å². The average molecular weight is 384 g/mol. The van der Waals surface area contributed by atoms with Crippen molar-refractivity contribution in [3.8, 4) is 0 Å². The van der Waals surface area contributed by atoms with Crippen LogP contribution in [0.25, 0.3) is 0 Å². The van der Waals surface area contributed by atoms with Gasteiger partial charge in [0.25, 0.3) is 5.69 Å². The molecule has 25 heavy (non-hydrogen) atoms. The van der Waals surface area contributed by atoms with Crippen molar-refractivity contribution in [1.29, 1.82) is 0 Å². The highest BCUT2D eigenvalue weighted by Gasteiger charge is 2.26. The van der Waals surface area contributed by atoms with Crippen LogP contribution >= 0.6 is 0 Å². The van der Waals surface area contributed by atoms with Crippen molar-refractivity contribution in [2.24, 2.45) is 0 Å². The number of sulfone groups is 1. The van der Waals surface area contributed by atoms with Gasteiger partial charge in [-0.1, -0.05) is 24.3 Å². The minimum atomic E-state index is -4.13. The second-order valence-electron chi connectivity index (χ2n) is 5.41. The number of hydrogen-bond donors (Lipinski definition) is 1.